The Morgan fingerprint density at radius 3 is 2.89 bits per heavy atom. The highest BCUT2D eigenvalue weighted by Crippen LogP contribution is 2.30. The number of aromatic nitrogens is 1. The second-order valence-electron chi connectivity index (χ2n) is 5.43. The molecular formula is C14H25N3OS. The fraction of sp³-hybridized carbons (Fsp3) is 0.786. The van der Waals surface area contributed by atoms with E-state index in [1.807, 2.05) is 6.92 Å². The molecule has 0 saturated carbocycles. The maximum atomic E-state index is 9.71. The Bertz CT molecular complexity index is 419. The number of aliphatic hydroxyl groups is 1. The van der Waals surface area contributed by atoms with Crippen molar-refractivity contribution in [3.63, 3.8) is 0 Å². The van der Waals surface area contributed by atoms with Crippen LogP contribution in [0.4, 0.5) is 5.13 Å². The minimum atomic E-state index is -0.418. The Morgan fingerprint density at radius 1 is 1.58 bits per heavy atom. The largest absolute Gasteiger partial charge is 0.388 e. The number of thiazole rings is 1. The molecule has 1 aromatic rings. The van der Waals surface area contributed by atoms with Crippen molar-refractivity contribution in [2.24, 2.45) is 0 Å². The van der Waals surface area contributed by atoms with E-state index in [9.17, 15) is 5.11 Å². The lowest BCUT2D eigenvalue weighted by atomic mass is 10.2. The Balaban J connectivity index is 2.03. The minimum absolute atomic E-state index is 0.418. The molecule has 1 N–H and O–H groups in total. The molecule has 1 aromatic heterocycles. The van der Waals surface area contributed by atoms with Crippen LogP contribution in [0.25, 0.3) is 0 Å². The summed E-state index contributed by atoms with van der Waals surface area (Å²) < 4.78 is 0. The molecule has 0 spiro atoms. The first-order chi connectivity index (χ1) is 9.02. The summed E-state index contributed by atoms with van der Waals surface area (Å²) in [6.07, 6.45) is 2.17. The third-order valence-corrected chi connectivity index (χ3v) is 5.36. The van der Waals surface area contributed by atoms with E-state index in [2.05, 4.69) is 28.8 Å². The lowest BCUT2D eigenvalue weighted by Gasteiger charge is -2.27. The van der Waals surface area contributed by atoms with Crippen molar-refractivity contribution >= 4 is 16.5 Å². The number of likely N-dealkylation sites (tertiary alicyclic amines) is 1. The second-order valence-corrected chi connectivity index (χ2v) is 6.44. The number of aliphatic hydroxyl groups excluding tert-OH is 1. The van der Waals surface area contributed by atoms with Gasteiger partial charge in [-0.1, -0.05) is 18.3 Å². The molecule has 19 heavy (non-hydrogen) atoms. The number of nitrogens with zero attached hydrogens (tertiary/aromatic N) is 3. The van der Waals surface area contributed by atoms with Crippen molar-refractivity contribution in [3.05, 3.63) is 10.6 Å². The lowest BCUT2D eigenvalue weighted by molar-refractivity contribution is 0.202. The van der Waals surface area contributed by atoms with Gasteiger partial charge in [-0.3, -0.25) is 4.90 Å². The van der Waals surface area contributed by atoms with Gasteiger partial charge in [0.25, 0.3) is 0 Å². The van der Waals surface area contributed by atoms with Crippen LogP contribution in [0.1, 0.15) is 43.4 Å². The Hall–Kier alpha value is -0.650. The van der Waals surface area contributed by atoms with Gasteiger partial charge in [0.15, 0.2) is 5.13 Å². The summed E-state index contributed by atoms with van der Waals surface area (Å²) in [7, 11) is 2.11. The van der Waals surface area contributed by atoms with Crippen molar-refractivity contribution in [2.45, 2.75) is 45.8 Å². The van der Waals surface area contributed by atoms with Crippen LogP contribution < -0.4 is 4.90 Å². The standard InChI is InChI=1S/C14H25N3OS/c1-5-17-8-6-7-12(17)9-16(4)14-15-10(2)13(19-14)11(3)18/h11-12,18H,5-9H2,1-4H3. The molecule has 0 amide bonds. The number of anilines is 1. The molecule has 4 nitrogen and oxygen atoms in total. The first kappa shape index (κ1) is 14.8. The van der Waals surface area contributed by atoms with Gasteiger partial charge in [-0.15, -0.1) is 0 Å². The van der Waals surface area contributed by atoms with E-state index in [1.54, 1.807) is 18.3 Å². The lowest BCUT2D eigenvalue weighted by Crippen LogP contribution is -2.38. The van der Waals surface area contributed by atoms with Gasteiger partial charge >= 0.3 is 0 Å². The van der Waals surface area contributed by atoms with Gasteiger partial charge in [0.05, 0.1) is 16.7 Å². The van der Waals surface area contributed by atoms with Crippen LogP contribution in [0.2, 0.25) is 0 Å². The number of hydrogen-bond donors (Lipinski definition) is 1. The summed E-state index contributed by atoms with van der Waals surface area (Å²) >= 11 is 1.61. The zero-order valence-corrected chi connectivity index (χ0v) is 13.2. The van der Waals surface area contributed by atoms with Crippen molar-refractivity contribution in [2.75, 3.05) is 31.6 Å². The van der Waals surface area contributed by atoms with Crippen LogP contribution in [-0.2, 0) is 0 Å². The van der Waals surface area contributed by atoms with E-state index in [-0.39, 0.29) is 0 Å². The smallest absolute Gasteiger partial charge is 0.185 e. The molecule has 1 aliphatic heterocycles. The van der Waals surface area contributed by atoms with Crippen LogP contribution in [0, 0.1) is 6.92 Å². The summed E-state index contributed by atoms with van der Waals surface area (Å²) in [6.45, 7) is 9.40. The van der Waals surface area contributed by atoms with Gasteiger partial charge in [0, 0.05) is 19.6 Å². The van der Waals surface area contributed by atoms with Crippen LogP contribution in [0.15, 0.2) is 0 Å². The van der Waals surface area contributed by atoms with Crippen LogP contribution in [0.5, 0.6) is 0 Å². The quantitative estimate of drug-likeness (QED) is 0.901. The first-order valence-electron chi connectivity index (χ1n) is 7.13. The van der Waals surface area contributed by atoms with E-state index in [1.165, 1.54) is 19.4 Å². The Morgan fingerprint density at radius 2 is 2.32 bits per heavy atom. The average molecular weight is 283 g/mol. The fourth-order valence-electron chi connectivity index (χ4n) is 2.86. The van der Waals surface area contributed by atoms with E-state index < -0.39 is 6.10 Å². The van der Waals surface area contributed by atoms with E-state index in [4.69, 9.17) is 0 Å². The zero-order valence-electron chi connectivity index (χ0n) is 12.4. The molecule has 2 rings (SSSR count). The van der Waals surface area contributed by atoms with E-state index >= 15 is 0 Å². The average Bonchev–Trinajstić information content (AvgIpc) is 2.95. The molecule has 0 bridgehead atoms. The highest BCUT2D eigenvalue weighted by molar-refractivity contribution is 7.15. The second kappa shape index (κ2) is 6.20. The predicted molar refractivity (Wildman–Crippen MR) is 81.0 cm³/mol. The third-order valence-electron chi connectivity index (χ3n) is 3.92. The fourth-order valence-corrected chi connectivity index (χ4v) is 3.83. The predicted octanol–water partition coefficient (Wildman–Crippen LogP) is 2.43. The minimum Gasteiger partial charge on any atom is -0.388 e. The summed E-state index contributed by atoms with van der Waals surface area (Å²) in [4.78, 5) is 10.4. The maximum Gasteiger partial charge on any atom is 0.185 e. The van der Waals surface area contributed by atoms with Crippen molar-refractivity contribution in [1.82, 2.24) is 9.88 Å². The van der Waals surface area contributed by atoms with Gasteiger partial charge in [-0.2, -0.15) is 0 Å². The molecule has 5 heteroatoms. The highest BCUT2D eigenvalue weighted by atomic mass is 32.1. The van der Waals surface area contributed by atoms with E-state index in [0.717, 1.165) is 28.8 Å². The van der Waals surface area contributed by atoms with Gasteiger partial charge in [0.1, 0.15) is 0 Å². The SMILES string of the molecule is CCN1CCCC1CN(C)c1nc(C)c(C(C)O)s1. The highest BCUT2D eigenvalue weighted by Gasteiger charge is 2.25. The number of hydrogen-bond acceptors (Lipinski definition) is 5. The molecule has 108 valence electrons. The third kappa shape index (κ3) is 3.27. The summed E-state index contributed by atoms with van der Waals surface area (Å²) in [6, 6.07) is 0.647. The molecule has 2 atom stereocenters. The monoisotopic (exact) mass is 283 g/mol. The van der Waals surface area contributed by atoms with Crippen LogP contribution in [-0.4, -0.2) is 47.7 Å². The first-order valence-corrected chi connectivity index (χ1v) is 7.95. The van der Waals surface area contributed by atoms with Crippen LogP contribution in [0.3, 0.4) is 0 Å². The van der Waals surface area contributed by atoms with Gasteiger partial charge in [-0.25, -0.2) is 4.98 Å². The summed E-state index contributed by atoms with van der Waals surface area (Å²) in [5.41, 5.74) is 0.959. The summed E-state index contributed by atoms with van der Waals surface area (Å²) in [5.74, 6) is 0. The molecular weight excluding hydrogens is 258 g/mol. The molecule has 0 aliphatic carbocycles. The molecule has 1 saturated heterocycles. The maximum absolute atomic E-state index is 9.71. The van der Waals surface area contributed by atoms with Crippen LogP contribution >= 0.6 is 11.3 Å². The molecule has 2 unspecified atom stereocenters. The number of aryl methyl sites for hydroxylation is 1. The molecule has 1 aliphatic rings. The number of rotatable bonds is 5. The molecule has 1 fully saturated rings. The zero-order chi connectivity index (χ0) is 14.0. The number of likely N-dealkylation sites (N-methyl/N-ethyl adjacent to an activating group) is 2. The topological polar surface area (TPSA) is 39.6 Å². The van der Waals surface area contributed by atoms with Gasteiger partial charge in [0.2, 0.25) is 0 Å². The molecule has 0 aromatic carbocycles. The van der Waals surface area contributed by atoms with Gasteiger partial charge in [-0.05, 0) is 39.8 Å². The molecule has 0 radical (unpaired) electrons. The Kier molecular flexibility index (Phi) is 4.81. The van der Waals surface area contributed by atoms with Crippen molar-refractivity contribution < 1.29 is 5.11 Å². The van der Waals surface area contributed by atoms with Crippen molar-refractivity contribution in [1.29, 1.82) is 0 Å². The van der Waals surface area contributed by atoms with Crippen molar-refractivity contribution in [3.8, 4) is 0 Å². The van der Waals surface area contributed by atoms with E-state index in [0.29, 0.717) is 6.04 Å². The Labute approximate surface area is 120 Å². The summed E-state index contributed by atoms with van der Waals surface area (Å²) in [5, 5.41) is 10.7. The molecule has 2 heterocycles. The van der Waals surface area contributed by atoms with Gasteiger partial charge < -0.3 is 10.0 Å². The normalized spacial score (nSPS) is 21.8.